The normalized spacial score (nSPS) is 19.1. The quantitative estimate of drug-likeness (QED) is 0.741. The van der Waals surface area contributed by atoms with E-state index in [4.69, 9.17) is 19.3 Å². The Morgan fingerprint density at radius 2 is 2.06 bits per heavy atom. The number of nitrogens with zero attached hydrogens (tertiary/aromatic N) is 5. The third-order valence-electron chi connectivity index (χ3n) is 4.95. The lowest BCUT2D eigenvalue weighted by Gasteiger charge is -2.34. The zero-order valence-electron chi connectivity index (χ0n) is 17.4. The van der Waals surface area contributed by atoms with Gasteiger partial charge in [0.15, 0.2) is 0 Å². The summed E-state index contributed by atoms with van der Waals surface area (Å²) in [5, 5.41) is 17.2. The number of carbonyl (C=O) groups excluding carboxylic acids is 1. The summed E-state index contributed by atoms with van der Waals surface area (Å²) in [6.07, 6.45) is -0.876. The van der Waals surface area contributed by atoms with Crippen LogP contribution in [0.5, 0.6) is 0 Å². The number of carboxylic acid groups (broad SMARTS) is 1. The van der Waals surface area contributed by atoms with Crippen molar-refractivity contribution in [3.05, 3.63) is 35.5 Å². The number of halogens is 3. The zero-order valence-corrected chi connectivity index (χ0v) is 17.4. The molecule has 2 aliphatic heterocycles. The van der Waals surface area contributed by atoms with Crippen molar-refractivity contribution in [3.8, 4) is 0 Å². The Bertz CT molecular complexity index is 923. The van der Waals surface area contributed by atoms with E-state index in [0.29, 0.717) is 26.1 Å². The minimum atomic E-state index is -5.08. The van der Waals surface area contributed by atoms with Crippen molar-refractivity contribution in [2.24, 2.45) is 0 Å². The van der Waals surface area contributed by atoms with Gasteiger partial charge < -0.3 is 9.63 Å². The molecule has 1 unspecified atom stereocenters. The van der Waals surface area contributed by atoms with Gasteiger partial charge in [0.05, 0.1) is 30.5 Å². The summed E-state index contributed by atoms with van der Waals surface area (Å²) in [7, 11) is 0. The lowest BCUT2D eigenvalue weighted by atomic mass is 10.1. The SMILES string of the molecule is Cc1cc(CN2Cc3ccnn3C(CC(=O)N3CCCCO3)C2)no1.O=C(O)C(F)(F)F. The first-order valence-corrected chi connectivity index (χ1v) is 10.0. The van der Waals surface area contributed by atoms with Crippen LogP contribution < -0.4 is 0 Å². The Labute approximate surface area is 181 Å². The van der Waals surface area contributed by atoms with E-state index in [2.05, 4.69) is 15.2 Å². The van der Waals surface area contributed by atoms with Crippen LogP contribution in [0.25, 0.3) is 0 Å². The molecule has 4 rings (SSSR count). The molecule has 0 aliphatic carbocycles. The van der Waals surface area contributed by atoms with Crippen LogP contribution in [0, 0.1) is 6.92 Å². The van der Waals surface area contributed by atoms with Crippen LogP contribution in [-0.2, 0) is 27.5 Å². The number of hydroxylamine groups is 2. The molecule has 1 saturated heterocycles. The largest absolute Gasteiger partial charge is 0.490 e. The van der Waals surface area contributed by atoms with E-state index in [-0.39, 0.29) is 11.9 Å². The molecule has 13 heteroatoms. The van der Waals surface area contributed by atoms with Crippen LogP contribution in [0.1, 0.15) is 42.5 Å². The topological polar surface area (TPSA) is 114 Å². The van der Waals surface area contributed by atoms with Crippen molar-refractivity contribution >= 4 is 11.9 Å². The predicted molar refractivity (Wildman–Crippen MR) is 102 cm³/mol. The van der Waals surface area contributed by atoms with Crippen molar-refractivity contribution in [2.75, 3.05) is 19.7 Å². The second-order valence-corrected chi connectivity index (χ2v) is 7.56. The standard InChI is InChI=1S/C17H23N5O3.C2HF3O2/c1-13-8-14(19-25-13)10-20-11-15-4-5-18-22(15)16(12-20)9-17(23)21-6-2-3-7-24-21;3-2(4,5)1(6)7/h4-5,8,16H,2-3,6-7,9-12H2,1H3;(H,6,7). The van der Waals surface area contributed by atoms with Crippen LogP contribution in [0.15, 0.2) is 22.9 Å². The molecule has 10 nitrogen and oxygen atoms in total. The maximum atomic E-state index is 12.6. The van der Waals surface area contributed by atoms with Gasteiger partial charge in [-0.3, -0.25) is 19.2 Å². The average molecular weight is 459 g/mol. The van der Waals surface area contributed by atoms with Gasteiger partial charge in [-0.25, -0.2) is 9.86 Å². The number of aliphatic carboxylic acids is 1. The number of fused-ring (bicyclic) bond motifs is 1. The Morgan fingerprint density at radius 3 is 2.66 bits per heavy atom. The number of amides is 1. The van der Waals surface area contributed by atoms with E-state index >= 15 is 0 Å². The minimum Gasteiger partial charge on any atom is -0.475 e. The number of hydrogen-bond donors (Lipinski definition) is 1. The highest BCUT2D eigenvalue weighted by atomic mass is 19.4. The molecule has 4 heterocycles. The van der Waals surface area contributed by atoms with E-state index in [1.165, 1.54) is 5.06 Å². The summed E-state index contributed by atoms with van der Waals surface area (Å²) in [4.78, 5) is 29.3. The van der Waals surface area contributed by atoms with Crippen molar-refractivity contribution < 1.29 is 37.2 Å². The molecule has 0 radical (unpaired) electrons. The lowest BCUT2D eigenvalue weighted by molar-refractivity contribution is -0.198. The summed E-state index contributed by atoms with van der Waals surface area (Å²) >= 11 is 0. The number of rotatable bonds is 4. The number of aryl methyl sites for hydroxylation is 1. The molecule has 0 spiro atoms. The van der Waals surface area contributed by atoms with Crippen molar-refractivity contribution in [1.82, 2.24) is 24.9 Å². The van der Waals surface area contributed by atoms with Crippen LogP contribution in [0.4, 0.5) is 13.2 Å². The van der Waals surface area contributed by atoms with Crippen molar-refractivity contribution in [2.45, 2.75) is 51.5 Å². The number of alkyl halides is 3. The monoisotopic (exact) mass is 459 g/mol. The van der Waals surface area contributed by atoms with Gasteiger partial charge in [0, 0.05) is 38.4 Å². The lowest BCUT2D eigenvalue weighted by Crippen LogP contribution is -2.42. The molecule has 1 fully saturated rings. The molecule has 0 aromatic carbocycles. The van der Waals surface area contributed by atoms with Crippen LogP contribution in [-0.4, -0.2) is 67.8 Å². The van der Waals surface area contributed by atoms with Gasteiger partial charge in [-0.15, -0.1) is 0 Å². The maximum absolute atomic E-state index is 12.6. The van der Waals surface area contributed by atoms with Gasteiger partial charge in [-0.2, -0.15) is 18.3 Å². The molecule has 2 aromatic heterocycles. The van der Waals surface area contributed by atoms with E-state index in [9.17, 15) is 18.0 Å². The van der Waals surface area contributed by atoms with Crippen molar-refractivity contribution in [3.63, 3.8) is 0 Å². The number of hydrogen-bond acceptors (Lipinski definition) is 7. The molecule has 176 valence electrons. The maximum Gasteiger partial charge on any atom is 0.490 e. The first kappa shape index (κ1) is 23.7. The Kier molecular flexibility index (Phi) is 7.51. The molecule has 2 aliphatic rings. The second-order valence-electron chi connectivity index (χ2n) is 7.56. The third-order valence-corrected chi connectivity index (χ3v) is 4.95. The van der Waals surface area contributed by atoms with Gasteiger partial charge >= 0.3 is 12.1 Å². The van der Waals surface area contributed by atoms with Gasteiger partial charge in [-0.05, 0) is 25.8 Å². The molecule has 0 bridgehead atoms. The highest BCUT2D eigenvalue weighted by Crippen LogP contribution is 2.25. The fourth-order valence-electron chi connectivity index (χ4n) is 3.55. The first-order chi connectivity index (χ1) is 15.1. The molecule has 0 saturated carbocycles. The molecule has 2 aromatic rings. The fourth-order valence-corrected chi connectivity index (χ4v) is 3.55. The number of carbonyl (C=O) groups is 2. The van der Waals surface area contributed by atoms with Gasteiger partial charge in [0.2, 0.25) is 5.91 Å². The van der Waals surface area contributed by atoms with Gasteiger partial charge in [0.1, 0.15) is 5.76 Å². The summed E-state index contributed by atoms with van der Waals surface area (Å²) in [6.45, 7) is 5.44. The zero-order chi connectivity index (χ0) is 23.3. The Morgan fingerprint density at radius 1 is 1.31 bits per heavy atom. The number of aromatic nitrogens is 3. The fraction of sp³-hybridized carbons (Fsp3) is 0.579. The molecule has 32 heavy (non-hydrogen) atoms. The molecular formula is C19H24F3N5O5. The van der Waals surface area contributed by atoms with Crippen LogP contribution in [0.3, 0.4) is 0 Å². The Hall–Kier alpha value is -2.93. The molecule has 1 amide bonds. The average Bonchev–Trinajstić information content (AvgIpc) is 3.37. The molecule has 1 atom stereocenters. The Balaban J connectivity index is 0.000000360. The smallest absolute Gasteiger partial charge is 0.475 e. The van der Waals surface area contributed by atoms with E-state index < -0.39 is 12.1 Å². The minimum absolute atomic E-state index is 0.00442. The predicted octanol–water partition coefficient (Wildman–Crippen LogP) is 2.31. The van der Waals surface area contributed by atoms with E-state index in [1.807, 2.05) is 23.7 Å². The van der Waals surface area contributed by atoms with Crippen molar-refractivity contribution in [1.29, 1.82) is 0 Å². The molecule has 1 N–H and O–H groups in total. The summed E-state index contributed by atoms with van der Waals surface area (Å²) in [6, 6.07) is 3.97. The number of carboxylic acids is 1. The van der Waals surface area contributed by atoms with Crippen LogP contribution in [0.2, 0.25) is 0 Å². The first-order valence-electron chi connectivity index (χ1n) is 10.0. The highest BCUT2D eigenvalue weighted by molar-refractivity contribution is 5.75. The molecular weight excluding hydrogens is 435 g/mol. The van der Waals surface area contributed by atoms with Gasteiger partial charge in [0.25, 0.3) is 0 Å². The summed E-state index contributed by atoms with van der Waals surface area (Å²) in [5.74, 6) is -1.91. The summed E-state index contributed by atoms with van der Waals surface area (Å²) < 4.78 is 38.9. The summed E-state index contributed by atoms with van der Waals surface area (Å²) in [5.41, 5.74) is 2.03. The van der Waals surface area contributed by atoms with E-state index in [1.54, 1.807) is 6.20 Å². The third kappa shape index (κ3) is 6.29. The second kappa shape index (κ2) is 10.1. The highest BCUT2D eigenvalue weighted by Gasteiger charge is 2.38. The van der Waals surface area contributed by atoms with Crippen LogP contribution >= 0.6 is 0 Å². The van der Waals surface area contributed by atoms with Gasteiger partial charge in [-0.1, -0.05) is 5.16 Å². The van der Waals surface area contributed by atoms with E-state index in [0.717, 1.165) is 43.1 Å².